The van der Waals surface area contributed by atoms with E-state index in [1.165, 1.54) is 0 Å². The SMILES string of the molecule is O=C1CCCN1CC(O)CN1CCN(c2cccc(O)c2)CC1. The minimum Gasteiger partial charge on any atom is -0.508 e. The maximum absolute atomic E-state index is 11.6. The molecule has 2 aliphatic rings. The summed E-state index contributed by atoms with van der Waals surface area (Å²) in [5, 5.41) is 19.8. The lowest BCUT2D eigenvalue weighted by Gasteiger charge is -2.37. The second kappa shape index (κ2) is 7.19. The van der Waals surface area contributed by atoms with E-state index in [4.69, 9.17) is 0 Å². The molecule has 126 valence electrons. The number of amides is 1. The fourth-order valence-electron chi connectivity index (χ4n) is 3.39. The van der Waals surface area contributed by atoms with Crippen LogP contribution in [0.4, 0.5) is 5.69 Å². The van der Waals surface area contributed by atoms with Crippen LogP contribution in [0.1, 0.15) is 12.8 Å². The summed E-state index contributed by atoms with van der Waals surface area (Å²) in [5.41, 5.74) is 1.04. The number of aromatic hydroxyl groups is 1. The number of rotatable bonds is 5. The zero-order valence-corrected chi connectivity index (χ0v) is 13.4. The van der Waals surface area contributed by atoms with E-state index in [0.29, 0.717) is 19.5 Å². The molecule has 0 aromatic heterocycles. The van der Waals surface area contributed by atoms with Crippen LogP contribution in [-0.2, 0) is 4.79 Å². The molecule has 2 aliphatic heterocycles. The first-order chi connectivity index (χ1) is 11.1. The number of aliphatic hydroxyl groups is 1. The number of hydrogen-bond acceptors (Lipinski definition) is 5. The van der Waals surface area contributed by atoms with Crippen molar-refractivity contribution in [3.63, 3.8) is 0 Å². The van der Waals surface area contributed by atoms with Gasteiger partial charge in [0.05, 0.1) is 6.10 Å². The lowest BCUT2D eigenvalue weighted by Crippen LogP contribution is -2.50. The molecule has 2 fully saturated rings. The van der Waals surface area contributed by atoms with Crippen LogP contribution in [0.5, 0.6) is 5.75 Å². The smallest absolute Gasteiger partial charge is 0.222 e. The predicted molar refractivity (Wildman–Crippen MR) is 88.6 cm³/mol. The minimum atomic E-state index is -0.482. The average Bonchev–Trinajstić information content (AvgIpc) is 2.93. The molecule has 0 aliphatic carbocycles. The Labute approximate surface area is 136 Å². The highest BCUT2D eigenvalue weighted by Gasteiger charge is 2.25. The minimum absolute atomic E-state index is 0.165. The van der Waals surface area contributed by atoms with Crippen LogP contribution in [0.3, 0.4) is 0 Å². The molecule has 3 rings (SSSR count). The van der Waals surface area contributed by atoms with Crippen LogP contribution in [0.2, 0.25) is 0 Å². The number of phenolic OH excluding ortho intramolecular Hbond substituents is 1. The van der Waals surface area contributed by atoms with E-state index in [2.05, 4.69) is 9.80 Å². The highest BCUT2D eigenvalue weighted by molar-refractivity contribution is 5.78. The molecular weight excluding hydrogens is 294 g/mol. The molecule has 0 bridgehead atoms. The third kappa shape index (κ3) is 4.14. The van der Waals surface area contributed by atoms with Crippen molar-refractivity contribution in [1.29, 1.82) is 0 Å². The number of β-amino-alcohol motifs (C(OH)–C–C–N with tert-alkyl or cyclic N) is 1. The van der Waals surface area contributed by atoms with E-state index in [9.17, 15) is 15.0 Å². The average molecular weight is 319 g/mol. The lowest BCUT2D eigenvalue weighted by atomic mass is 10.2. The first-order valence-electron chi connectivity index (χ1n) is 8.34. The quantitative estimate of drug-likeness (QED) is 0.827. The van der Waals surface area contributed by atoms with Crippen LogP contribution in [-0.4, -0.2) is 77.8 Å². The monoisotopic (exact) mass is 319 g/mol. The third-order valence-electron chi connectivity index (χ3n) is 4.64. The van der Waals surface area contributed by atoms with Crippen LogP contribution < -0.4 is 4.90 Å². The Bertz CT molecular complexity index is 544. The summed E-state index contributed by atoms with van der Waals surface area (Å²) < 4.78 is 0. The number of benzene rings is 1. The Balaban J connectivity index is 1.44. The van der Waals surface area contributed by atoms with Gasteiger partial charge >= 0.3 is 0 Å². The molecular formula is C17H25N3O3. The summed E-state index contributed by atoms with van der Waals surface area (Å²) in [7, 11) is 0. The number of phenols is 1. The molecule has 1 unspecified atom stereocenters. The van der Waals surface area contributed by atoms with Gasteiger partial charge in [0.2, 0.25) is 5.91 Å². The van der Waals surface area contributed by atoms with Gasteiger partial charge in [-0.2, -0.15) is 0 Å². The normalized spacial score (nSPS) is 21.0. The topological polar surface area (TPSA) is 67.3 Å². The van der Waals surface area contributed by atoms with Gasteiger partial charge in [-0.25, -0.2) is 0 Å². The number of carbonyl (C=O) groups is 1. The maximum Gasteiger partial charge on any atom is 0.222 e. The van der Waals surface area contributed by atoms with Gasteiger partial charge in [-0.15, -0.1) is 0 Å². The van der Waals surface area contributed by atoms with Crippen molar-refractivity contribution in [3.05, 3.63) is 24.3 Å². The van der Waals surface area contributed by atoms with Crippen molar-refractivity contribution < 1.29 is 15.0 Å². The highest BCUT2D eigenvalue weighted by atomic mass is 16.3. The lowest BCUT2D eigenvalue weighted by molar-refractivity contribution is -0.129. The number of piperazine rings is 1. The summed E-state index contributed by atoms with van der Waals surface area (Å²) in [6, 6.07) is 7.32. The molecule has 0 saturated carbocycles. The zero-order chi connectivity index (χ0) is 16.2. The van der Waals surface area contributed by atoms with Crippen molar-refractivity contribution in [2.24, 2.45) is 0 Å². The maximum atomic E-state index is 11.6. The Hall–Kier alpha value is -1.79. The first kappa shape index (κ1) is 16.1. The van der Waals surface area contributed by atoms with Gasteiger partial charge in [0.1, 0.15) is 5.75 Å². The van der Waals surface area contributed by atoms with Crippen molar-refractivity contribution in [2.45, 2.75) is 18.9 Å². The summed E-state index contributed by atoms with van der Waals surface area (Å²) in [6.45, 7) is 5.34. The second-order valence-electron chi connectivity index (χ2n) is 6.40. The zero-order valence-electron chi connectivity index (χ0n) is 13.4. The standard InChI is InChI=1S/C17H25N3O3/c21-15-4-1-3-14(11-15)19-9-7-18(8-10-19)12-16(22)13-20-6-2-5-17(20)23/h1,3-4,11,16,21-22H,2,5-10,12-13H2. The van der Waals surface area contributed by atoms with Gasteiger partial charge in [0.25, 0.3) is 0 Å². The van der Waals surface area contributed by atoms with E-state index in [1.807, 2.05) is 12.1 Å². The van der Waals surface area contributed by atoms with Crippen LogP contribution >= 0.6 is 0 Å². The van der Waals surface area contributed by atoms with Crippen LogP contribution in [0.15, 0.2) is 24.3 Å². The molecule has 2 N–H and O–H groups in total. The fourth-order valence-corrected chi connectivity index (χ4v) is 3.39. The van der Waals surface area contributed by atoms with Crippen molar-refractivity contribution in [3.8, 4) is 5.75 Å². The Morgan fingerprint density at radius 2 is 1.87 bits per heavy atom. The van der Waals surface area contributed by atoms with Crippen LogP contribution in [0, 0.1) is 0 Å². The Morgan fingerprint density at radius 1 is 1.09 bits per heavy atom. The van der Waals surface area contributed by atoms with E-state index >= 15 is 0 Å². The van der Waals surface area contributed by atoms with E-state index in [-0.39, 0.29) is 11.7 Å². The number of likely N-dealkylation sites (tertiary alicyclic amines) is 1. The van der Waals surface area contributed by atoms with Gasteiger partial charge in [-0.1, -0.05) is 6.07 Å². The number of anilines is 1. The Kier molecular flexibility index (Phi) is 5.03. The van der Waals surface area contributed by atoms with Crippen molar-refractivity contribution in [2.75, 3.05) is 50.7 Å². The van der Waals surface area contributed by atoms with Crippen molar-refractivity contribution >= 4 is 11.6 Å². The number of aliphatic hydroxyl groups excluding tert-OH is 1. The second-order valence-corrected chi connectivity index (χ2v) is 6.40. The van der Waals surface area contributed by atoms with Gasteiger partial charge in [0, 0.05) is 64.0 Å². The number of hydrogen-bond donors (Lipinski definition) is 2. The molecule has 1 aromatic rings. The molecule has 2 saturated heterocycles. The molecule has 0 radical (unpaired) electrons. The largest absolute Gasteiger partial charge is 0.508 e. The molecule has 6 heteroatoms. The Morgan fingerprint density at radius 3 is 2.52 bits per heavy atom. The van der Waals surface area contributed by atoms with Gasteiger partial charge in [0.15, 0.2) is 0 Å². The third-order valence-corrected chi connectivity index (χ3v) is 4.64. The fraction of sp³-hybridized carbons (Fsp3) is 0.588. The summed E-state index contributed by atoms with van der Waals surface area (Å²) in [6.07, 6.45) is 1.05. The molecule has 1 aromatic carbocycles. The summed E-state index contributed by atoms with van der Waals surface area (Å²) in [4.78, 5) is 17.9. The highest BCUT2D eigenvalue weighted by Crippen LogP contribution is 2.21. The molecule has 1 atom stereocenters. The summed E-state index contributed by atoms with van der Waals surface area (Å²) >= 11 is 0. The van der Waals surface area contributed by atoms with Gasteiger partial charge in [-0.3, -0.25) is 9.69 Å². The predicted octanol–water partition coefficient (Wildman–Crippen LogP) is 0.497. The van der Waals surface area contributed by atoms with E-state index in [1.54, 1.807) is 17.0 Å². The molecule has 23 heavy (non-hydrogen) atoms. The van der Waals surface area contributed by atoms with Crippen LogP contribution in [0.25, 0.3) is 0 Å². The molecule has 1 amide bonds. The first-order valence-corrected chi connectivity index (χ1v) is 8.34. The number of carbonyl (C=O) groups excluding carboxylic acids is 1. The van der Waals surface area contributed by atoms with Crippen molar-refractivity contribution in [1.82, 2.24) is 9.80 Å². The molecule has 6 nitrogen and oxygen atoms in total. The van der Waals surface area contributed by atoms with E-state index in [0.717, 1.165) is 44.8 Å². The summed E-state index contributed by atoms with van der Waals surface area (Å²) in [5.74, 6) is 0.452. The van der Waals surface area contributed by atoms with Gasteiger partial charge < -0.3 is 20.0 Å². The molecule has 0 spiro atoms. The van der Waals surface area contributed by atoms with E-state index < -0.39 is 6.10 Å². The van der Waals surface area contributed by atoms with Gasteiger partial charge in [-0.05, 0) is 18.6 Å². The molecule has 2 heterocycles. The number of nitrogens with zero attached hydrogens (tertiary/aromatic N) is 3.